The molecule has 0 aromatic heterocycles. The molecule has 2 aliphatic carbocycles. The van der Waals surface area contributed by atoms with Crippen molar-refractivity contribution < 1.29 is 4.79 Å². The van der Waals surface area contributed by atoms with E-state index >= 15 is 0 Å². The van der Waals surface area contributed by atoms with Crippen LogP contribution in [0.25, 0.3) is 0 Å². The summed E-state index contributed by atoms with van der Waals surface area (Å²) in [4.78, 5) is 12.3. The smallest absolute Gasteiger partial charge is 0.224 e. The van der Waals surface area contributed by atoms with Gasteiger partial charge in [-0.2, -0.15) is 0 Å². The first-order chi connectivity index (χ1) is 10.3. The van der Waals surface area contributed by atoms with E-state index in [1.54, 1.807) is 0 Å². The van der Waals surface area contributed by atoms with Crippen LogP contribution in [-0.4, -0.2) is 12.5 Å². The molecule has 3 rings (SSSR count). The van der Waals surface area contributed by atoms with E-state index in [-0.39, 0.29) is 5.91 Å². The second-order valence-corrected chi connectivity index (χ2v) is 6.24. The average molecular weight is 282 g/mol. The summed E-state index contributed by atoms with van der Waals surface area (Å²) in [5.74, 6) is 8.23. The monoisotopic (exact) mass is 282 g/mol. The molecule has 0 heterocycles. The molecule has 2 bridgehead atoms. The van der Waals surface area contributed by atoms with Crippen LogP contribution in [0.4, 0.5) is 5.69 Å². The summed E-state index contributed by atoms with van der Waals surface area (Å²) >= 11 is 0. The van der Waals surface area contributed by atoms with Gasteiger partial charge >= 0.3 is 0 Å². The van der Waals surface area contributed by atoms with Crippen molar-refractivity contribution in [1.29, 1.82) is 0 Å². The summed E-state index contributed by atoms with van der Waals surface area (Å²) in [6.45, 7) is 0.327. The minimum atomic E-state index is 0.120. The number of para-hydroxylation sites is 1. The van der Waals surface area contributed by atoms with Crippen LogP contribution in [0, 0.1) is 29.6 Å². The number of nitrogens with one attached hydrogen (secondary N) is 1. The highest BCUT2D eigenvalue weighted by Gasteiger charge is 2.40. The maximum atomic E-state index is 12.3. The maximum absolute atomic E-state index is 12.3. The highest BCUT2D eigenvalue weighted by atomic mass is 16.1. The first-order valence-electron chi connectivity index (χ1n) is 7.84. The van der Waals surface area contributed by atoms with E-state index in [9.17, 15) is 4.79 Å². The fourth-order valence-corrected chi connectivity index (χ4v) is 3.91. The van der Waals surface area contributed by atoms with Crippen molar-refractivity contribution in [2.45, 2.75) is 32.1 Å². The zero-order valence-corrected chi connectivity index (χ0v) is 12.3. The SMILES string of the molecule is NCC#Cc1ccccc1NC(=O)CC1CC2CCC1C2. The molecule has 0 radical (unpaired) electrons. The molecule has 0 spiro atoms. The Morgan fingerprint density at radius 3 is 2.86 bits per heavy atom. The molecule has 2 saturated carbocycles. The van der Waals surface area contributed by atoms with E-state index in [4.69, 9.17) is 5.73 Å². The van der Waals surface area contributed by atoms with Crippen LogP contribution >= 0.6 is 0 Å². The van der Waals surface area contributed by atoms with E-state index in [0.717, 1.165) is 23.1 Å². The lowest BCUT2D eigenvalue weighted by Gasteiger charge is -2.21. The van der Waals surface area contributed by atoms with Crippen molar-refractivity contribution in [1.82, 2.24) is 0 Å². The van der Waals surface area contributed by atoms with Crippen LogP contribution < -0.4 is 11.1 Å². The molecule has 3 atom stereocenters. The van der Waals surface area contributed by atoms with Crippen LogP contribution in [0.15, 0.2) is 24.3 Å². The Kier molecular flexibility index (Phi) is 4.26. The Morgan fingerprint density at radius 1 is 1.29 bits per heavy atom. The van der Waals surface area contributed by atoms with Gasteiger partial charge < -0.3 is 11.1 Å². The molecule has 0 saturated heterocycles. The lowest BCUT2D eigenvalue weighted by molar-refractivity contribution is -0.117. The van der Waals surface area contributed by atoms with Crippen LogP contribution in [0.5, 0.6) is 0 Å². The normalized spacial score (nSPS) is 26.2. The molecule has 1 amide bonds. The molecule has 3 heteroatoms. The summed E-state index contributed by atoms with van der Waals surface area (Å²) < 4.78 is 0. The lowest BCUT2D eigenvalue weighted by Crippen LogP contribution is -2.20. The van der Waals surface area contributed by atoms with Gasteiger partial charge in [0, 0.05) is 12.0 Å². The van der Waals surface area contributed by atoms with E-state index in [0.29, 0.717) is 18.9 Å². The average Bonchev–Trinajstić information content (AvgIpc) is 3.09. The van der Waals surface area contributed by atoms with Crippen molar-refractivity contribution in [2.24, 2.45) is 23.5 Å². The minimum Gasteiger partial charge on any atom is -0.325 e. The molecule has 110 valence electrons. The highest BCUT2D eigenvalue weighted by molar-refractivity contribution is 5.92. The van der Waals surface area contributed by atoms with Crippen LogP contribution in [0.2, 0.25) is 0 Å². The standard InChI is InChI=1S/C18H22N2O/c19-9-3-5-14-4-1-2-6-17(14)20-18(21)12-16-11-13-7-8-15(16)10-13/h1-2,4,6,13,15-16H,7-12,19H2,(H,20,21). The maximum Gasteiger partial charge on any atom is 0.224 e. The molecule has 3 nitrogen and oxygen atoms in total. The number of benzene rings is 1. The number of fused-ring (bicyclic) bond motifs is 2. The van der Waals surface area contributed by atoms with Crippen LogP contribution in [0.1, 0.15) is 37.7 Å². The third-order valence-electron chi connectivity index (χ3n) is 4.86. The van der Waals surface area contributed by atoms with Gasteiger partial charge in [-0.05, 0) is 49.1 Å². The number of hydrogen-bond acceptors (Lipinski definition) is 2. The highest BCUT2D eigenvalue weighted by Crippen LogP contribution is 2.49. The molecule has 2 fully saturated rings. The summed E-state index contributed by atoms with van der Waals surface area (Å²) in [6, 6.07) is 7.65. The fraction of sp³-hybridized carbons (Fsp3) is 0.500. The van der Waals surface area contributed by atoms with Gasteiger partial charge in [-0.15, -0.1) is 0 Å². The van der Waals surface area contributed by atoms with Gasteiger partial charge in [0.2, 0.25) is 5.91 Å². The zero-order valence-electron chi connectivity index (χ0n) is 12.3. The van der Waals surface area contributed by atoms with Gasteiger partial charge in [-0.1, -0.05) is 30.4 Å². The third kappa shape index (κ3) is 3.28. The number of amides is 1. The topological polar surface area (TPSA) is 55.1 Å². The first-order valence-corrected chi connectivity index (χ1v) is 7.84. The molecule has 1 aromatic carbocycles. The van der Waals surface area contributed by atoms with Gasteiger partial charge in [-0.25, -0.2) is 0 Å². The fourth-order valence-electron chi connectivity index (χ4n) is 3.91. The van der Waals surface area contributed by atoms with E-state index in [1.165, 1.54) is 25.7 Å². The predicted molar refractivity (Wildman–Crippen MR) is 84.6 cm³/mol. The summed E-state index contributed by atoms with van der Waals surface area (Å²) in [5.41, 5.74) is 7.05. The van der Waals surface area contributed by atoms with Gasteiger partial charge in [-0.3, -0.25) is 4.79 Å². The molecule has 1 aromatic rings. The molecular weight excluding hydrogens is 260 g/mol. The Labute approximate surface area is 126 Å². The number of carbonyl (C=O) groups excluding carboxylic acids is 1. The minimum absolute atomic E-state index is 0.120. The number of hydrogen-bond donors (Lipinski definition) is 2. The molecule has 21 heavy (non-hydrogen) atoms. The number of carbonyl (C=O) groups is 1. The molecule has 3 N–H and O–H groups in total. The Balaban J connectivity index is 1.62. The van der Waals surface area contributed by atoms with Gasteiger partial charge in [0.15, 0.2) is 0 Å². The van der Waals surface area contributed by atoms with Crippen LogP contribution in [-0.2, 0) is 4.79 Å². The summed E-state index contributed by atoms with van der Waals surface area (Å²) in [7, 11) is 0. The molecule has 2 aliphatic rings. The summed E-state index contributed by atoms with van der Waals surface area (Å²) in [6.07, 6.45) is 5.94. The lowest BCUT2D eigenvalue weighted by atomic mass is 9.86. The predicted octanol–water partition coefficient (Wildman–Crippen LogP) is 2.76. The molecular formula is C18H22N2O. The molecule has 0 aliphatic heterocycles. The Morgan fingerprint density at radius 2 is 2.14 bits per heavy atom. The van der Waals surface area contributed by atoms with Gasteiger partial charge in [0.05, 0.1) is 12.2 Å². The summed E-state index contributed by atoms with van der Waals surface area (Å²) in [5, 5.41) is 3.02. The zero-order chi connectivity index (χ0) is 14.7. The third-order valence-corrected chi connectivity index (χ3v) is 4.86. The van der Waals surface area contributed by atoms with Crippen molar-refractivity contribution >= 4 is 11.6 Å². The van der Waals surface area contributed by atoms with Gasteiger partial charge in [0.25, 0.3) is 0 Å². The second kappa shape index (κ2) is 6.32. The number of anilines is 1. The Hall–Kier alpha value is -1.79. The number of nitrogens with two attached hydrogens (primary N) is 1. The van der Waals surface area contributed by atoms with E-state index < -0.39 is 0 Å². The Bertz CT molecular complexity index is 584. The molecule has 3 unspecified atom stereocenters. The van der Waals surface area contributed by atoms with Crippen molar-refractivity contribution in [2.75, 3.05) is 11.9 Å². The number of rotatable bonds is 3. The first kappa shape index (κ1) is 14.2. The van der Waals surface area contributed by atoms with E-state index in [2.05, 4.69) is 17.2 Å². The van der Waals surface area contributed by atoms with Crippen molar-refractivity contribution in [3.8, 4) is 11.8 Å². The van der Waals surface area contributed by atoms with Crippen LogP contribution in [0.3, 0.4) is 0 Å². The van der Waals surface area contributed by atoms with E-state index in [1.807, 2.05) is 24.3 Å². The van der Waals surface area contributed by atoms with Crippen molar-refractivity contribution in [3.63, 3.8) is 0 Å². The largest absolute Gasteiger partial charge is 0.325 e. The van der Waals surface area contributed by atoms with Gasteiger partial charge in [0.1, 0.15) is 0 Å². The second-order valence-electron chi connectivity index (χ2n) is 6.24. The van der Waals surface area contributed by atoms with Crippen molar-refractivity contribution in [3.05, 3.63) is 29.8 Å². The quantitative estimate of drug-likeness (QED) is 0.838.